The topological polar surface area (TPSA) is 50.8 Å². The third-order valence-electron chi connectivity index (χ3n) is 5.05. The van der Waals surface area contributed by atoms with Crippen molar-refractivity contribution in [1.29, 1.82) is 0 Å². The molecular formula is C24H30N2O3. The molecule has 154 valence electrons. The zero-order chi connectivity index (χ0) is 20.5. The van der Waals surface area contributed by atoms with Crippen LogP contribution in [0.2, 0.25) is 0 Å². The van der Waals surface area contributed by atoms with Crippen molar-refractivity contribution in [3.63, 3.8) is 0 Å². The first-order chi connectivity index (χ1) is 14.2. The molecule has 1 aliphatic rings. The Kier molecular flexibility index (Phi) is 7.70. The molecule has 2 aromatic rings. The number of hydrogen-bond donors (Lipinski definition) is 1. The van der Waals surface area contributed by atoms with E-state index in [1.807, 2.05) is 37.3 Å². The highest BCUT2D eigenvalue weighted by Gasteiger charge is 2.10. The van der Waals surface area contributed by atoms with E-state index in [-0.39, 0.29) is 5.91 Å². The first kappa shape index (κ1) is 20.9. The van der Waals surface area contributed by atoms with Gasteiger partial charge in [-0.05, 0) is 80.7 Å². The van der Waals surface area contributed by atoms with Gasteiger partial charge < -0.3 is 19.7 Å². The molecule has 1 heterocycles. The van der Waals surface area contributed by atoms with Crippen LogP contribution in [0.15, 0.2) is 48.5 Å². The fourth-order valence-electron chi connectivity index (χ4n) is 3.47. The lowest BCUT2D eigenvalue weighted by Crippen LogP contribution is -2.21. The molecule has 1 amide bonds. The van der Waals surface area contributed by atoms with Crippen LogP contribution in [0.4, 0.5) is 5.69 Å². The zero-order valence-corrected chi connectivity index (χ0v) is 17.3. The van der Waals surface area contributed by atoms with Crippen LogP contribution < -0.4 is 14.8 Å². The number of rotatable bonds is 9. The van der Waals surface area contributed by atoms with Gasteiger partial charge in [0.2, 0.25) is 5.91 Å². The Morgan fingerprint density at radius 3 is 2.55 bits per heavy atom. The highest BCUT2D eigenvalue weighted by Crippen LogP contribution is 2.28. The van der Waals surface area contributed by atoms with E-state index in [0.717, 1.165) is 24.2 Å². The van der Waals surface area contributed by atoms with Crippen molar-refractivity contribution >= 4 is 17.7 Å². The molecular weight excluding hydrogens is 364 g/mol. The van der Waals surface area contributed by atoms with Crippen LogP contribution in [-0.4, -0.2) is 44.2 Å². The predicted molar refractivity (Wildman–Crippen MR) is 118 cm³/mol. The monoisotopic (exact) mass is 394 g/mol. The van der Waals surface area contributed by atoms with Gasteiger partial charge in [-0.2, -0.15) is 0 Å². The standard InChI is InChI=1S/C24H30N2O3/c1-3-29-22-12-8-20(18-23(22)28-2)9-13-24(27)25-21-10-6-19(7-11-21)14-17-26-15-4-5-16-26/h6-13,18H,3-5,14-17H2,1-2H3,(H,25,27)/b13-9+. The molecule has 0 aliphatic carbocycles. The van der Waals surface area contributed by atoms with E-state index in [0.29, 0.717) is 18.1 Å². The molecule has 0 atom stereocenters. The van der Waals surface area contributed by atoms with Crippen LogP contribution in [-0.2, 0) is 11.2 Å². The zero-order valence-electron chi connectivity index (χ0n) is 17.3. The molecule has 1 aliphatic heterocycles. The minimum absolute atomic E-state index is 0.164. The smallest absolute Gasteiger partial charge is 0.248 e. The van der Waals surface area contributed by atoms with Crippen molar-refractivity contribution in [2.75, 3.05) is 38.7 Å². The van der Waals surface area contributed by atoms with Crippen molar-refractivity contribution in [2.45, 2.75) is 26.2 Å². The molecule has 1 N–H and O–H groups in total. The van der Waals surface area contributed by atoms with Crippen LogP contribution in [0.5, 0.6) is 11.5 Å². The van der Waals surface area contributed by atoms with Gasteiger partial charge in [0.25, 0.3) is 0 Å². The number of carbonyl (C=O) groups is 1. The molecule has 29 heavy (non-hydrogen) atoms. The van der Waals surface area contributed by atoms with Gasteiger partial charge >= 0.3 is 0 Å². The lowest BCUT2D eigenvalue weighted by Gasteiger charge is -2.14. The second-order valence-corrected chi connectivity index (χ2v) is 7.16. The first-order valence-electron chi connectivity index (χ1n) is 10.3. The Balaban J connectivity index is 1.52. The van der Waals surface area contributed by atoms with Gasteiger partial charge in [0, 0.05) is 18.3 Å². The summed E-state index contributed by atoms with van der Waals surface area (Å²) in [6.45, 7) is 6.06. The molecule has 5 nitrogen and oxygen atoms in total. The quantitative estimate of drug-likeness (QED) is 0.641. The number of benzene rings is 2. The summed E-state index contributed by atoms with van der Waals surface area (Å²) >= 11 is 0. The Morgan fingerprint density at radius 1 is 1.10 bits per heavy atom. The second kappa shape index (κ2) is 10.7. The van der Waals surface area contributed by atoms with Gasteiger partial charge in [-0.3, -0.25) is 4.79 Å². The summed E-state index contributed by atoms with van der Waals surface area (Å²) in [6, 6.07) is 13.7. The molecule has 0 aromatic heterocycles. The maximum absolute atomic E-state index is 12.2. The van der Waals surface area contributed by atoms with Crippen molar-refractivity contribution in [1.82, 2.24) is 4.90 Å². The number of carbonyl (C=O) groups excluding carboxylic acids is 1. The number of ether oxygens (including phenoxy) is 2. The third-order valence-corrected chi connectivity index (χ3v) is 5.05. The SMILES string of the molecule is CCOc1ccc(/C=C/C(=O)Nc2ccc(CCN3CCCC3)cc2)cc1OC. The summed E-state index contributed by atoms with van der Waals surface area (Å²) in [5.41, 5.74) is 2.97. The van der Waals surface area contributed by atoms with E-state index in [1.165, 1.54) is 37.6 Å². The number of methoxy groups -OCH3 is 1. The van der Waals surface area contributed by atoms with E-state index in [9.17, 15) is 4.79 Å². The summed E-state index contributed by atoms with van der Waals surface area (Å²) in [5.74, 6) is 1.18. The van der Waals surface area contributed by atoms with Gasteiger partial charge in [-0.15, -0.1) is 0 Å². The summed E-state index contributed by atoms with van der Waals surface area (Å²) < 4.78 is 10.9. The number of hydrogen-bond acceptors (Lipinski definition) is 4. The fourth-order valence-corrected chi connectivity index (χ4v) is 3.47. The Bertz CT molecular complexity index is 825. The van der Waals surface area contributed by atoms with Crippen molar-refractivity contribution in [3.8, 4) is 11.5 Å². The molecule has 3 rings (SSSR count). The van der Waals surface area contributed by atoms with Crippen molar-refractivity contribution < 1.29 is 14.3 Å². The molecule has 5 heteroatoms. The Labute approximate surface area is 173 Å². The molecule has 0 spiro atoms. The van der Waals surface area contributed by atoms with Crippen LogP contribution in [0.25, 0.3) is 6.08 Å². The van der Waals surface area contributed by atoms with E-state index < -0.39 is 0 Å². The first-order valence-corrected chi connectivity index (χ1v) is 10.3. The molecule has 0 saturated carbocycles. The maximum Gasteiger partial charge on any atom is 0.248 e. The average Bonchev–Trinajstić information content (AvgIpc) is 3.26. The largest absolute Gasteiger partial charge is 0.493 e. The highest BCUT2D eigenvalue weighted by molar-refractivity contribution is 6.01. The molecule has 0 radical (unpaired) electrons. The van der Waals surface area contributed by atoms with Crippen LogP contribution >= 0.6 is 0 Å². The Hall–Kier alpha value is -2.79. The van der Waals surface area contributed by atoms with Crippen LogP contribution in [0.3, 0.4) is 0 Å². The number of amides is 1. The predicted octanol–water partition coefficient (Wildman–Crippen LogP) is 4.38. The lowest BCUT2D eigenvalue weighted by atomic mass is 10.1. The van der Waals surface area contributed by atoms with Gasteiger partial charge in [-0.25, -0.2) is 0 Å². The van der Waals surface area contributed by atoms with Gasteiger partial charge in [0.15, 0.2) is 11.5 Å². The normalized spacial score (nSPS) is 14.3. The molecule has 1 fully saturated rings. The Morgan fingerprint density at radius 2 is 1.86 bits per heavy atom. The van der Waals surface area contributed by atoms with E-state index in [1.54, 1.807) is 13.2 Å². The maximum atomic E-state index is 12.2. The molecule has 0 unspecified atom stereocenters. The fraction of sp³-hybridized carbons (Fsp3) is 0.375. The number of nitrogens with zero attached hydrogens (tertiary/aromatic N) is 1. The van der Waals surface area contributed by atoms with Crippen LogP contribution in [0, 0.1) is 0 Å². The lowest BCUT2D eigenvalue weighted by molar-refractivity contribution is -0.111. The summed E-state index contributed by atoms with van der Waals surface area (Å²) in [4.78, 5) is 14.7. The second-order valence-electron chi connectivity index (χ2n) is 7.16. The minimum atomic E-state index is -0.164. The minimum Gasteiger partial charge on any atom is -0.493 e. The molecule has 0 bridgehead atoms. The average molecular weight is 395 g/mol. The summed E-state index contributed by atoms with van der Waals surface area (Å²) in [5, 5.41) is 2.90. The summed E-state index contributed by atoms with van der Waals surface area (Å²) in [6.07, 6.45) is 6.98. The molecule has 1 saturated heterocycles. The van der Waals surface area contributed by atoms with Gasteiger partial charge in [0.05, 0.1) is 13.7 Å². The van der Waals surface area contributed by atoms with E-state index in [2.05, 4.69) is 22.3 Å². The van der Waals surface area contributed by atoms with Gasteiger partial charge in [0.1, 0.15) is 0 Å². The van der Waals surface area contributed by atoms with E-state index >= 15 is 0 Å². The van der Waals surface area contributed by atoms with Crippen LogP contribution in [0.1, 0.15) is 30.9 Å². The highest BCUT2D eigenvalue weighted by atomic mass is 16.5. The van der Waals surface area contributed by atoms with Crippen molar-refractivity contribution in [2.24, 2.45) is 0 Å². The summed E-state index contributed by atoms with van der Waals surface area (Å²) in [7, 11) is 1.60. The number of likely N-dealkylation sites (tertiary alicyclic amines) is 1. The third kappa shape index (κ3) is 6.36. The number of anilines is 1. The van der Waals surface area contributed by atoms with E-state index in [4.69, 9.17) is 9.47 Å². The number of nitrogens with one attached hydrogen (secondary N) is 1. The van der Waals surface area contributed by atoms with Gasteiger partial charge in [-0.1, -0.05) is 18.2 Å². The molecule has 2 aromatic carbocycles. The van der Waals surface area contributed by atoms with Crippen molar-refractivity contribution in [3.05, 3.63) is 59.7 Å².